The second kappa shape index (κ2) is 13.4. The molecular formula is C35H40ClFN6O2. The summed E-state index contributed by atoms with van der Waals surface area (Å²) in [5.41, 5.74) is 5.66. The first-order valence-corrected chi connectivity index (χ1v) is 15.5. The molecule has 0 radical (unpaired) electrons. The number of likely N-dealkylation sites (N-methyl/N-ethyl adjacent to an activating group) is 1. The molecule has 236 valence electrons. The molecule has 1 aromatic heterocycles. The standard InChI is InChI=1S/C35H40ClFN6O2/c1-21-14-23(3)33(24(4)15-21)45-35(44)43(20-27-16-28(36)9-8-22(27)2)32-12-13-38-34(40-32)39-29-10-11-31(30(37)17-29)42-18-25(5)41(7)26(6)19-42/h8-17,25-26H,18-20H2,1-7H3,(H,38,39,40). The van der Waals surface area contributed by atoms with Crippen LogP contribution in [0.25, 0.3) is 0 Å². The molecule has 2 atom stereocenters. The van der Waals surface area contributed by atoms with Gasteiger partial charge < -0.3 is 15.0 Å². The molecule has 2 heterocycles. The smallest absolute Gasteiger partial charge is 0.409 e. The number of hydrogen-bond donors (Lipinski definition) is 1. The third kappa shape index (κ3) is 7.37. The number of hydrogen-bond acceptors (Lipinski definition) is 7. The van der Waals surface area contributed by atoms with Gasteiger partial charge in [0.25, 0.3) is 0 Å². The third-order valence-corrected chi connectivity index (χ3v) is 8.71. The van der Waals surface area contributed by atoms with Crippen LogP contribution in [0, 0.1) is 33.5 Å². The quantitative estimate of drug-likeness (QED) is 0.222. The summed E-state index contributed by atoms with van der Waals surface area (Å²) in [6, 6.07) is 16.8. The van der Waals surface area contributed by atoms with Crippen molar-refractivity contribution >= 4 is 40.8 Å². The van der Waals surface area contributed by atoms with Crippen molar-refractivity contribution in [3.63, 3.8) is 0 Å². The molecule has 5 rings (SSSR count). The molecule has 0 bridgehead atoms. The maximum atomic E-state index is 15.4. The minimum absolute atomic E-state index is 0.164. The fourth-order valence-corrected chi connectivity index (χ4v) is 6.02. The van der Waals surface area contributed by atoms with E-state index in [2.05, 4.69) is 46.0 Å². The highest BCUT2D eigenvalue weighted by Crippen LogP contribution is 2.30. The van der Waals surface area contributed by atoms with E-state index in [0.717, 1.165) is 40.9 Å². The highest BCUT2D eigenvalue weighted by atomic mass is 35.5. The summed E-state index contributed by atoms with van der Waals surface area (Å²) >= 11 is 6.32. The Kier molecular flexibility index (Phi) is 9.60. The second-order valence-electron chi connectivity index (χ2n) is 12.1. The number of aryl methyl sites for hydroxylation is 4. The number of carbonyl (C=O) groups is 1. The Hall–Kier alpha value is -4.21. The van der Waals surface area contributed by atoms with E-state index >= 15 is 4.39 Å². The van der Waals surface area contributed by atoms with E-state index in [1.165, 1.54) is 11.0 Å². The van der Waals surface area contributed by atoms with Gasteiger partial charge in [-0.3, -0.25) is 9.80 Å². The predicted octanol–water partition coefficient (Wildman–Crippen LogP) is 7.98. The lowest BCUT2D eigenvalue weighted by Crippen LogP contribution is -2.55. The lowest BCUT2D eigenvalue weighted by atomic mass is 10.1. The fraction of sp³-hybridized carbons (Fsp3) is 0.343. The number of carbonyl (C=O) groups excluding carboxylic acids is 1. The Balaban J connectivity index is 1.42. The number of ether oxygens (including phenoxy) is 1. The predicted molar refractivity (Wildman–Crippen MR) is 180 cm³/mol. The van der Waals surface area contributed by atoms with E-state index in [-0.39, 0.29) is 18.3 Å². The van der Waals surface area contributed by atoms with Gasteiger partial charge in [0.1, 0.15) is 17.4 Å². The lowest BCUT2D eigenvalue weighted by molar-refractivity contribution is 0.169. The first-order valence-electron chi connectivity index (χ1n) is 15.1. The topological polar surface area (TPSA) is 73.8 Å². The number of aromatic nitrogens is 2. The molecule has 1 amide bonds. The molecule has 8 nitrogen and oxygen atoms in total. The second-order valence-corrected chi connectivity index (χ2v) is 12.5. The van der Waals surface area contributed by atoms with Crippen LogP contribution in [-0.2, 0) is 6.54 Å². The molecule has 1 saturated heterocycles. The van der Waals surface area contributed by atoms with Crippen molar-refractivity contribution in [2.24, 2.45) is 0 Å². The summed E-state index contributed by atoms with van der Waals surface area (Å²) in [6.07, 6.45) is 0.954. The number of anilines is 4. The summed E-state index contributed by atoms with van der Waals surface area (Å²) in [6.45, 7) is 13.7. The van der Waals surface area contributed by atoms with Gasteiger partial charge in [0.15, 0.2) is 0 Å². The monoisotopic (exact) mass is 630 g/mol. The van der Waals surface area contributed by atoms with Crippen molar-refractivity contribution in [1.82, 2.24) is 14.9 Å². The van der Waals surface area contributed by atoms with Gasteiger partial charge in [0.2, 0.25) is 5.95 Å². The molecule has 1 fully saturated rings. The van der Waals surface area contributed by atoms with Crippen LogP contribution in [-0.4, -0.2) is 53.2 Å². The first kappa shape index (κ1) is 32.2. The maximum absolute atomic E-state index is 15.4. The van der Waals surface area contributed by atoms with Gasteiger partial charge in [0, 0.05) is 42.1 Å². The van der Waals surface area contributed by atoms with E-state index < -0.39 is 6.09 Å². The van der Waals surface area contributed by atoms with Crippen LogP contribution in [0.15, 0.2) is 60.8 Å². The number of nitrogens with one attached hydrogen (secondary N) is 1. The molecule has 0 spiro atoms. The van der Waals surface area contributed by atoms with Gasteiger partial charge in [-0.05, 0) is 107 Å². The molecule has 10 heteroatoms. The molecule has 2 unspecified atom stereocenters. The minimum Gasteiger partial charge on any atom is -0.409 e. The maximum Gasteiger partial charge on any atom is 0.421 e. The van der Waals surface area contributed by atoms with Gasteiger partial charge in [-0.2, -0.15) is 4.98 Å². The number of nitrogens with zero attached hydrogens (tertiary/aromatic N) is 5. The minimum atomic E-state index is -0.597. The zero-order valence-corrected chi connectivity index (χ0v) is 27.6. The van der Waals surface area contributed by atoms with Crippen LogP contribution in [0.3, 0.4) is 0 Å². The molecular weight excluding hydrogens is 591 g/mol. The van der Waals surface area contributed by atoms with Crippen molar-refractivity contribution in [3.8, 4) is 5.75 Å². The van der Waals surface area contributed by atoms with Crippen molar-refractivity contribution in [2.75, 3.05) is 35.3 Å². The summed E-state index contributed by atoms with van der Waals surface area (Å²) < 4.78 is 21.4. The Morgan fingerprint density at radius 2 is 1.69 bits per heavy atom. The molecule has 45 heavy (non-hydrogen) atoms. The number of rotatable bonds is 7. The summed E-state index contributed by atoms with van der Waals surface area (Å²) in [4.78, 5) is 28.6. The lowest BCUT2D eigenvalue weighted by Gasteiger charge is -2.43. The Bertz CT molecular complexity index is 1680. The Labute approximate surface area is 269 Å². The van der Waals surface area contributed by atoms with Crippen LogP contribution in [0.2, 0.25) is 5.02 Å². The average Bonchev–Trinajstić information content (AvgIpc) is 2.98. The van der Waals surface area contributed by atoms with Gasteiger partial charge in [-0.1, -0.05) is 35.4 Å². The van der Waals surface area contributed by atoms with Crippen LogP contribution in [0.4, 0.5) is 32.3 Å². The van der Waals surface area contributed by atoms with E-state index in [4.69, 9.17) is 16.3 Å². The molecule has 0 aliphatic carbocycles. The van der Waals surface area contributed by atoms with Crippen LogP contribution >= 0.6 is 11.6 Å². The van der Waals surface area contributed by atoms with Crippen molar-refractivity contribution in [2.45, 2.75) is 60.2 Å². The Morgan fingerprint density at radius 1 is 1.00 bits per heavy atom. The highest BCUT2D eigenvalue weighted by molar-refractivity contribution is 6.30. The molecule has 0 saturated carbocycles. The zero-order chi connectivity index (χ0) is 32.4. The number of halogens is 2. The SMILES string of the molecule is Cc1cc(C)c(OC(=O)N(Cc2cc(Cl)ccc2C)c2ccnc(Nc3ccc(N4CC(C)N(C)C(C)C4)c(F)c3)n2)c(C)c1. The average molecular weight is 631 g/mol. The Morgan fingerprint density at radius 3 is 2.36 bits per heavy atom. The van der Waals surface area contributed by atoms with E-state index in [0.29, 0.717) is 40.0 Å². The zero-order valence-electron chi connectivity index (χ0n) is 26.9. The molecule has 3 aromatic carbocycles. The van der Waals surface area contributed by atoms with Gasteiger partial charge >= 0.3 is 6.09 Å². The van der Waals surface area contributed by atoms with Crippen LogP contribution < -0.4 is 19.9 Å². The van der Waals surface area contributed by atoms with Gasteiger partial charge in [0.05, 0.1) is 12.2 Å². The fourth-order valence-electron chi connectivity index (χ4n) is 5.82. The first-order chi connectivity index (χ1) is 21.4. The summed E-state index contributed by atoms with van der Waals surface area (Å²) in [5, 5.41) is 3.66. The van der Waals surface area contributed by atoms with Crippen LogP contribution in [0.1, 0.15) is 41.7 Å². The highest BCUT2D eigenvalue weighted by Gasteiger charge is 2.28. The van der Waals surface area contributed by atoms with E-state index in [1.807, 2.05) is 64.1 Å². The third-order valence-electron chi connectivity index (χ3n) is 8.48. The number of benzene rings is 3. The van der Waals surface area contributed by atoms with Crippen molar-refractivity contribution in [1.29, 1.82) is 0 Å². The van der Waals surface area contributed by atoms with E-state index in [1.54, 1.807) is 18.3 Å². The molecule has 1 N–H and O–H groups in total. The largest absolute Gasteiger partial charge is 0.421 e. The van der Waals surface area contributed by atoms with Crippen molar-refractivity contribution < 1.29 is 13.9 Å². The number of amides is 1. The normalized spacial score (nSPS) is 16.9. The molecule has 1 aliphatic rings. The summed E-state index contributed by atoms with van der Waals surface area (Å²) in [7, 11) is 2.10. The molecule has 4 aromatic rings. The van der Waals surface area contributed by atoms with Gasteiger partial charge in [-0.25, -0.2) is 14.2 Å². The van der Waals surface area contributed by atoms with Crippen LogP contribution in [0.5, 0.6) is 5.75 Å². The molecule has 1 aliphatic heterocycles. The van der Waals surface area contributed by atoms with Crippen molar-refractivity contribution in [3.05, 3.63) is 99.5 Å². The summed E-state index contributed by atoms with van der Waals surface area (Å²) in [5.74, 6) is 0.706. The van der Waals surface area contributed by atoms with Gasteiger partial charge in [-0.15, -0.1) is 0 Å². The van der Waals surface area contributed by atoms with E-state index in [9.17, 15) is 4.79 Å². The number of piperazine rings is 1.